The third-order valence-electron chi connectivity index (χ3n) is 12.5. The fourth-order valence-corrected chi connectivity index (χ4v) is 10.9. The first-order chi connectivity index (χ1) is 20.6. The average Bonchev–Trinajstić information content (AvgIpc) is 3.50. The lowest BCUT2D eigenvalue weighted by atomic mass is 9.50. The predicted octanol–water partition coefficient (Wildman–Crippen LogP) is 7.10. The summed E-state index contributed by atoms with van der Waals surface area (Å²) in [6.45, 7) is 4.68. The quantitative estimate of drug-likeness (QED) is 0.291. The maximum Gasteiger partial charge on any atom is 0.139 e. The van der Waals surface area contributed by atoms with E-state index in [9.17, 15) is 10.2 Å². The van der Waals surface area contributed by atoms with E-state index in [-0.39, 0.29) is 17.4 Å². The molecule has 3 aromatic rings. The molecular formula is C36H50N4O2. The zero-order valence-electron chi connectivity index (χ0n) is 25.4. The Morgan fingerprint density at radius 2 is 1.60 bits per heavy atom. The first-order valence-electron chi connectivity index (χ1n) is 17.4. The number of hydrogen-bond donors (Lipinski definition) is 3. The minimum atomic E-state index is -0.704. The van der Waals surface area contributed by atoms with Crippen LogP contribution in [0.4, 0.5) is 0 Å². The highest BCUT2D eigenvalue weighted by molar-refractivity contribution is 6.09. The zero-order valence-corrected chi connectivity index (χ0v) is 25.4. The molecule has 2 unspecified atom stereocenters. The van der Waals surface area contributed by atoms with E-state index in [1.165, 1.54) is 90.1 Å². The zero-order chi connectivity index (χ0) is 28.3. The summed E-state index contributed by atoms with van der Waals surface area (Å²) in [5.41, 5.74) is 2.39. The van der Waals surface area contributed by atoms with Gasteiger partial charge < -0.3 is 20.1 Å². The summed E-state index contributed by atoms with van der Waals surface area (Å²) < 4.78 is 0. The van der Waals surface area contributed by atoms with Crippen LogP contribution in [0, 0.1) is 11.3 Å². The lowest BCUT2D eigenvalue weighted by molar-refractivity contribution is -0.162. The van der Waals surface area contributed by atoms with E-state index in [2.05, 4.69) is 26.9 Å². The number of aliphatic hydroxyl groups is 1. The number of nitrogens with zero attached hydrogens (tertiary/aromatic N) is 3. The molecular weight excluding hydrogens is 520 g/mol. The fourth-order valence-electron chi connectivity index (χ4n) is 10.9. The number of pyridine rings is 1. The topological polar surface area (TPSA) is 75.6 Å². The second-order valence-electron chi connectivity index (χ2n) is 14.8. The molecule has 3 bridgehead atoms. The summed E-state index contributed by atoms with van der Waals surface area (Å²) in [6.07, 6.45) is 20.4. The van der Waals surface area contributed by atoms with E-state index >= 15 is 0 Å². The number of phenolic OH excluding ortho intramolecular Hbond substituents is 1. The van der Waals surface area contributed by atoms with Gasteiger partial charge in [0.05, 0.1) is 22.3 Å². The van der Waals surface area contributed by atoms with E-state index < -0.39 is 5.60 Å². The largest absolute Gasteiger partial charge is 0.506 e. The van der Waals surface area contributed by atoms with Gasteiger partial charge in [-0.1, -0.05) is 63.5 Å². The lowest BCUT2D eigenvalue weighted by Gasteiger charge is -2.61. The summed E-state index contributed by atoms with van der Waals surface area (Å²) >= 11 is 0. The van der Waals surface area contributed by atoms with Crippen LogP contribution < -0.4 is 0 Å². The van der Waals surface area contributed by atoms with Gasteiger partial charge in [0.15, 0.2) is 0 Å². The number of piperidine rings is 1. The number of aromatic nitrogens is 2. The SMILES string of the molecule is Oc1cccc2c1[nH]c1c(C3C[C@@]4(O)CCCCCCCCN5CC[C@H]3[C@]3(C[C@H]6CCCCCCN6[C@@H]43)C5)nccc12. The van der Waals surface area contributed by atoms with Gasteiger partial charge in [0.1, 0.15) is 5.75 Å². The van der Waals surface area contributed by atoms with Crippen LogP contribution in [0.15, 0.2) is 30.5 Å². The molecule has 0 radical (unpaired) electrons. The summed E-state index contributed by atoms with van der Waals surface area (Å²) in [5, 5.41) is 26.1. The monoisotopic (exact) mass is 570 g/mol. The number of aromatic hydroxyl groups is 1. The lowest BCUT2D eigenvalue weighted by Crippen LogP contribution is -2.68. The summed E-state index contributed by atoms with van der Waals surface area (Å²) in [5.74, 6) is 1.02. The number of H-pyrrole nitrogens is 1. The number of phenols is 1. The van der Waals surface area contributed by atoms with Crippen molar-refractivity contribution in [2.75, 3.05) is 26.2 Å². The summed E-state index contributed by atoms with van der Waals surface area (Å²) in [6, 6.07) is 8.77. The molecule has 3 N–H and O–H groups in total. The van der Waals surface area contributed by atoms with E-state index in [1.807, 2.05) is 12.3 Å². The van der Waals surface area contributed by atoms with Gasteiger partial charge in [0.2, 0.25) is 0 Å². The van der Waals surface area contributed by atoms with E-state index in [4.69, 9.17) is 4.98 Å². The van der Waals surface area contributed by atoms with Crippen LogP contribution in [0.2, 0.25) is 0 Å². The molecule has 7 atom stereocenters. The Morgan fingerprint density at radius 3 is 2.50 bits per heavy atom. The van der Waals surface area contributed by atoms with Crippen molar-refractivity contribution in [3.8, 4) is 5.75 Å². The third-order valence-corrected chi connectivity index (χ3v) is 12.5. The second-order valence-corrected chi connectivity index (χ2v) is 14.8. The summed E-state index contributed by atoms with van der Waals surface area (Å²) in [7, 11) is 0. The molecule has 1 spiro atoms. The molecule has 1 aliphatic carbocycles. The van der Waals surface area contributed by atoms with Crippen molar-refractivity contribution >= 4 is 21.8 Å². The number of para-hydroxylation sites is 1. The van der Waals surface area contributed by atoms with Crippen molar-refractivity contribution in [1.82, 2.24) is 19.8 Å². The van der Waals surface area contributed by atoms with Crippen molar-refractivity contribution in [3.05, 3.63) is 36.2 Å². The smallest absolute Gasteiger partial charge is 0.139 e. The maximum absolute atomic E-state index is 13.2. The molecule has 6 heterocycles. The molecule has 4 aliphatic heterocycles. The highest BCUT2D eigenvalue weighted by Crippen LogP contribution is 2.64. The molecule has 4 saturated heterocycles. The Balaban J connectivity index is 1.30. The number of aromatic amines is 1. The highest BCUT2D eigenvalue weighted by Gasteiger charge is 2.68. The van der Waals surface area contributed by atoms with E-state index in [0.29, 0.717) is 17.7 Å². The molecule has 2 aromatic heterocycles. The van der Waals surface area contributed by atoms with E-state index in [0.717, 1.165) is 59.9 Å². The summed E-state index contributed by atoms with van der Waals surface area (Å²) in [4.78, 5) is 14.5. The molecule has 0 amide bonds. The molecule has 42 heavy (non-hydrogen) atoms. The van der Waals surface area contributed by atoms with Gasteiger partial charge in [0.25, 0.3) is 0 Å². The van der Waals surface area contributed by atoms with Gasteiger partial charge in [-0.3, -0.25) is 9.88 Å². The minimum absolute atomic E-state index is 0.0942. The number of benzene rings is 1. The van der Waals surface area contributed by atoms with Crippen molar-refractivity contribution in [3.63, 3.8) is 0 Å². The van der Waals surface area contributed by atoms with Gasteiger partial charge in [-0.25, -0.2) is 0 Å². The molecule has 6 heteroatoms. The minimum Gasteiger partial charge on any atom is -0.506 e. The standard InChI is InChI=1S/C36H50N4O2/c41-30-14-11-13-26-27-15-18-37-32(33(27)38-31(26)30)28-23-36(42)17-8-4-1-2-5-9-19-39-21-16-29(28)35(24-39)22-25-12-7-3-6-10-20-40(25)34(35)36/h11,13-15,18,25,28-29,34,38,41-42H,1-10,12,16-17,19-24H2/t25-,28?,29-,34-,35+,36+/m1/s1. The van der Waals surface area contributed by atoms with Gasteiger partial charge in [-0.05, 0) is 82.6 Å². The maximum atomic E-state index is 13.2. The van der Waals surface area contributed by atoms with Crippen molar-refractivity contribution in [1.29, 1.82) is 0 Å². The fraction of sp³-hybridized carbons (Fsp3) is 0.694. The predicted molar refractivity (Wildman–Crippen MR) is 169 cm³/mol. The molecule has 1 saturated carbocycles. The average molecular weight is 571 g/mol. The molecule has 5 fully saturated rings. The van der Waals surface area contributed by atoms with E-state index in [1.54, 1.807) is 6.07 Å². The number of fused-ring (bicyclic) bond motifs is 5. The second kappa shape index (κ2) is 10.8. The Hall–Kier alpha value is -2.15. The van der Waals surface area contributed by atoms with Crippen LogP contribution in [0.5, 0.6) is 5.75 Å². The molecule has 226 valence electrons. The number of hydrogen-bond acceptors (Lipinski definition) is 5. The first-order valence-corrected chi connectivity index (χ1v) is 17.4. The van der Waals surface area contributed by atoms with Crippen LogP contribution in [-0.2, 0) is 0 Å². The number of rotatable bonds is 1. The van der Waals surface area contributed by atoms with Crippen LogP contribution in [-0.4, -0.2) is 73.8 Å². The Labute approximate surface area is 250 Å². The van der Waals surface area contributed by atoms with Crippen molar-refractivity contribution in [2.45, 2.75) is 120 Å². The van der Waals surface area contributed by atoms with Crippen LogP contribution >= 0.6 is 0 Å². The Kier molecular flexibility index (Phi) is 7.03. The molecule has 5 aliphatic rings. The molecule has 6 nitrogen and oxygen atoms in total. The van der Waals surface area contributed by atoms with Gasteiger partial charge >= 0.3 is 0 Å². The Bertz CT molecular complexity index is 1440. The van der Waals surface area contributed by atoms with Crippen LogP contribution in [0.1, 0.15) is 108 Å². The molecule has 1 aromatic carbocycles. The van der Waals surface area contributed by atoms with Crippen LogP contribution in [0.25, 0.3) is 21.8 Å². The van der Waals surface area contributed by atoms with Crippen molar-refractivity contribution in [2.24, 2.45) is 11.3 Å². The van der Waals surface area contributed by atoms with Gasteiger partial charge in [-0.2, -0.15) is 0 Å². The normalized spacial score (nSPS) is 38.2. The third kappa shape index (κ3) is 4.34. The first kappa shape index (κ1) is 27.4. The molecule has 8 rings (SSSR count). The van der Waals surface area contributed by atoms with Crippen molar-refractivity contribution < 1.29 is 10.2 Å². The Morgan fingerprint density at radius 1 is 0.810 bits per heavy atom. The van der Waals surface area contributed by atoms with Gasteiger partial charge in [0, 0.05) is 46.9 Å². The van der Waals surface area contributed by atoms with Gasteiger partial charge in [-0.15, -0.1) is 0 Å². The highest BCUT2D eigenvalue weighted by atomic mass is 16.3. The number of nitrogens with one attached hydrogen (secondary N) is 1. The van der Waals surface area contributed by atoms with Crippen LogP contribution in [0.3, 0.4) is 0 Å².